The van der Waals surface area contributed by atoms with E-state index in [-0.39, 0.29) is 5.54 Å². The predicted molar refractivity (Wildman–Crippen MR) is 63.6 cm³/mol. The van der Waals surface area contributed by atoms with Gasteiger partial charge in [0.25, 0.3) is 0 Å². The minimum Gasteiger partial charge on any atom is -0.329 e. The highest BCUT2D eigenvalue weighted by atomic mass is 15.2. The summed E-state index contributed by atoms with van der Waals surface area (Å²) in [6.07, 6.45) is 0. The van der Waals surface area contributed by atoms with Gasteiger partial charge in [-0.25, -0.2) is 0 Å². The van der Waals surface area contributed by atoms with E-state index in [2.05, 4.69) is 36.8 Å². The van der Waals surface area contributed by atoms with Crippen LogP contribution in [0.1, 0.15) is 25.2 Å². The number of pyridine rings is 1. The minimum absolute atomic E-state index is 0.0193. The summed E-state index contributed by atoms with van der Waals surface area (Å²) in [5, 5.41) is 0. The average Bonchev–Trinajstić information content (AvgIpc) is 2.17. The summed E-state index contributed by atoms with van der Waals surface area (Å²) in [6.45, 7) is 7.78. The monoisotopic (exact) mass is 207 g/mol. The highest BCUT2D eigenvalue weighted by molar-refractivity contribution is 5.10. The van der Waals surface area contributed by atoms with Crippen LogP contribution in [0.3, 0.4) is 0 Å². The van der Waals surface area contributed by atoms with Gasteiger partial charge in [-0.2, -0.15) is 0 Å². The third-order valence-electron chi connectivity index (χ3n) is 2.88. The van der Waals surface area contributed by atoms with Gasteiger partial charge in [0, 0.05) is 24.3 Å². The Bertz CT molecular complexity index is 320. The van der Waals surface area contributed by atoms with Crippen molar-refractivity contribution in [3.05, 3.63) is 29.6 Å². The molecule has 1 aromatic rings. The van der Waals surface area contributed by atoms with E-state index in [1.54, 1.807) is 0 Å². The van der Waals surface area contributed by atoms with E-state index in [0.717, 1.165) is 17.9 Å². The van der Waals surface area contributed by atoms with Crippen molar-refractivity contribution >= 4 is 0 Å². The molecule has 0 aliphatic carbocycles. The largest absolute Gasteiger partial charge is 0.329 e. The normalized spacial score (nSPS) is 12.1. The Hall–Kier alpha value is -0.930. The number of hydrogen-bond donors (Lipinski definition) is 1. The van der Waals surface area contributed by atoms with Gasteiger partial charge in [0.2, 0.25) is 0 Å². The Labute approximate surface area is 92.3 Å². The van der Waals surface area contributed by atoms with Gasteiger partial charge in [-0.1, -0.05) is 6.07 Å². The molecular weight excluding hydrogens is 186 g/mol. The van der Waals surface area contributed by atoms with Crippen LogP contribution in [0.25, 0.3) is 0 Å². The van der Waals surface area contributed by atoms with Crippen LogP contribution >= 0.6 is 0 Å². The molecule has 0 radical (unpaired) electrons. The number of likely N-dealkylation sites (N-methyl/N-ethyl adjacent to an activating group) is 1. The fourth-order valence-electron chi connectivity index (χ4n) is 1.30. The van der Waals surface area contributed by atoms with Gasteiger partial charge in [-0.15, -0.1) is 0 Å². The van der Waals surface area contributed by atoms with Crippen LogP contribution in [0, 0.1) is 6.92 Å². The second-order valence-corrected chi connectivity index (χ2v) is 4.64. The molecule has 0 aliphatic heterocycles. The van der Waals surface area contributed by atoms with E-state index in [1.165, 1.54) is 0 Å². The van der Waals surface area contributed by atoms with Gasteiger partial charge in [0.1, 0.15) is 0 Å². The van der Waals surface area contributed by atoms with Gasteiger partial charge < -0.3 is 5.73 Å². The van der Waals surface area contributed by atoms with E-state index in [4.69, 9.17) is 5.73 Å². The molecule has 0 spiro atoms. The lowest BCUT2D eigenvalue weighted by atomic mass is 10.0. The van der Waals surface area contributed by atoms with Crippen molar-refractivity contribution in [2.75, 3.05) is 13.6 Å². The summed E-state index contributed by atoms with van der Waals surface area (Å²) in [6, 6.07) is 6.11. The third-order valence-corrected chi connectivity index (χ3v) is 2.88. The molecule has 15 heavy (non-hydrogen) atoms. The number of aromatic nitrogens is 1. The molecule has 0 bridgehead atoms. The number of nitrogens with two attached hydrogens (primary N) is 1. The summed E-state index contributed by atoms with van der Waals surface area (Å²) in [5.41, 5.74) is 7.91. The number of hydrogen-bond acceptors (Lipinski definition) is 3. The number of nitrogens with zero attached hydrogens (tertiary/aromatic N) is 2. The first kappa shape index (κ1) is 12.1. The van der Waals surface area contributed by atoms with Crippen LogP contribution in [-0.2, 0) is 6.54 Å². The predicted octanol–water partition coefficient (Wildman–Crippen LogP) is 1.56. The molecule has 0 saturated carbocycles. The molecule has 1 rings (SSSR count). The topological polar surface area (TPSA) is 42.1 Å². The zero-order valence-corrected chi connectivity index (χ0v) is 10.1. The molecule has 2 N–H and O–H groups in total. The number of rotatable bonds is 4. The van der Waals surface area contributed by atoms with Gasteiger partial charge in [0.05, 0.1) is 5.69 Å². The van der Waals surface area contributed by atoms with E-state index >= 15 is 0 Å². The maximum atomic E-state index is 5.73. The van der Waals surface area contributed by atoms with Crippen molar-refractivity contribution in [3.63, 3.8) is 0 Å². The molecular formula is C12H21N3. The maximum Gasteiger partial charge on any atom is 0.0547 e. The van der Waals surface area contributed by atoms with Gasteiger partial charge in [0.15, 0.2) is 0 Å². The zero-order valence-electron chi connectivity index (χ0n) is 10.1. The smallest absolute Gasteiger partial charge is 0.0547 e. The van der Waals surface area contributed by atoms with Crippen LogP contribution in [0.5, 0.6) is 0 Å². The van der Waals surface area contributed by atoms with Crippen LogP contribution in [0.4, 0.5) is 0 Å². The highest BCUT2D eigenvalue weighted by Gasteiger charge is 2.21. The molecule has 0 amide bonds. The summed E-state index contributed by atoms with van der Waals surface area (Å²) in [5.74, 6) is 0. The lowest BCUT2D eigenvalue weighted by molar-refractivity contribution is 0.154. The first-order valence-electron chi connectivity index (χ1n) is 5.29. The molecule has 1 aromatic heterocycles. The van der Waals surface area contributed by atoms with E-state index in [9.17, 15) is 0 Å². The first-order valence-corrected chi connectivity index (χ1v) is 5.29. The van der Waals surface area contributed by atoms with Crippen molar-refractivity contribution in [1.29, 1.82) is 0 Å². The minimum atomic E-state index is 0.0193. The van der Waals surface area contributed by atoms with Crippen LogP contribution < -0.4 is 5.73 Å². The van der Waals surface area contributed by atoms with Crippen LogP contribution in [-0.4, -0.2) is 29.0 Å². The molecule has 0 saturated heterocycles. The molecule has 1 heterocycles. The highest BCUT2D eigenvalue weighted by Crippen LogP contribution is 2.13. The van der Waals surface area contributed by atoms with E-state index < -0.39 is 0 Å². The Kier molecular flexibility index (Phi) is 3.83. The summed E-state index contributed by atoms with van der Waals surface area (Å²) < 4.78 is 0. The van der Waals surface area contributed by atoms with Gasteiger partial charge in [-0.05, 0) is 40.0 Å². The van der Waals surface area contributed by atoms with Crippen molar-refractivity contribution < 1.29 is 0 Å². The van der Waals surface area contributed by atoms with Crippen molar-refractivity contribution in [2.45, 2.75) is 32.9 Å². The molecule has 3 heteroatoms. The third kappa shape index (κ3) is 3.29. The maximum absolute atomic E-state index is 5.73. The summed E-state index contributed by atoms with van der Waals surface area (Å²) in [4.78, 5) is 6.71. The van der Waals surface area contributed by atoms with Crippen molar-refractivity contribution in [3.8, 4) is 0 Å². The van der Waals surface area contributed by atoms with Crippen LogP contribution in [0.2, 0.25) is 0 Å². The van der Waals surface area contributed by atoms with Gasteiger partial charge in [-0.3, -0.25) is 9.88 Å². The lowest BCUT2D eigenvalue weighted by Gasteiger charge is -2.34. The average molecular weight is 207 g/mol. The van der Waals surface area contributed by atoms with E-state index in [0.29, 0.717) is 6.54 Å². The Morgan fingerprint density at radius 3 is 2.60 bits per heavy atom. The molecule has 0 aliphatic rings. The summed E-state index contributed by atoms with van der Waals surface area (Å²) >= 11 is 0. The Morgan fingerprint density at radius 1 is 1.40 bits per heavy atom. The molecule has 0 fully saturated rings. The summed E-state index contributed by atoms with van der Waals surface area (Å²) in [7, 11) is 2.08. The second-order valence-electron chi connectivity index (χ2n) is 4.64. The Morgan fingerprint density at radius 2 is 2.07 bits per heavy atom. The molecule has 84 valence electrons. The van der Waals surface area contributed by atoms with Crippen molar-refractivity contribution in [1.82, 2.24) is 9.88 Å². The molecule has 0 unspecified atom stereocenters. The molecule has 0 atom stereocenters. The fraction of sp³-hybridized carbons (Fsp3) is 0.583. The van der Waals surface area contributed by atoms with Crippen molar-refractivity contribution in [2.24, 2.45) is 5.73 Å². The number of aryl methyl sites for hydroxylation is 1. The zero-order chi connectivity index (χ0) is 11.5. The van der Waals surface area contributed by atoms with Gasteiger partial charge >= 0.3 is 0 Å². The lowest BCUT2D eigenvalue weighted by Crippen LogP contribution is -2.46. The first-order chi connectivity index (χ1) is 6.95. The Balaban J connectivity index is 2.70. The fourth-order valence-corrected chi connectivity index (χ4v) is 1.30. The van der Waals surface area contributed by atoms with Crippen LogP contribution in [0.15, 0.2) is 18.2 Å². The SMILES string of the molecule is Cc1cccc(CN(C)C(C)(C)CN)n1. The standard InChI is InChI=1S/C12H21N3/c1-10-6-5-7-11(14-10)8-15(4)12(2,3)9-13/h5-7H,8-9,13H2,1-4H3. The second kappa shape index (κ2) is 4.73. The molecule has 3 nitrogen and oxygen atoms in total. The molecule has 0 aromatic carbocycles. The van der Waals surface area contributed by atoms with E-state index in [1.807, 2.05) is 19.1 Å². The quantitative estimate of drug-likeness (QED) is 0.814.